The van der Waals surface area contributed by atoms with Gasteiger partial charge in [0.15, 0.2) is 0 Å². The predicted octanol–water partition coefficient (Wildman–Crippen LogP) is 0.488. The van der Waals surface area contributed by atoms with Crippen molar-refractivity contribution in [3.8, 4) is 0 Å². The summed E-state index contributed by atoms with van der Waals surface area (Å²) < 4.78 is 2.34. The maximum Gasteiger partial charge on any atom is 0.330 e. The van der Waals surface area contributed by atoms with Crippen LogP contribution in [0.5, 0.6) is 0 Å². The fraction of sp³-hybridized carbons (Fsp3) is 0.350. The number of rotatable bonds is 5. The number of aromatic nitrogens is 2. The molecule has 0 bridgehead atoms. The highest BCUT2D eigenvalue weighted by molar-refractivity contribution is 5.91. The minimum atomic E-state index is -0.419. The summed E-state index contributed by atoms with van der Waals surface area (Å²) in [7, 11) is 2.99. The van der Waals surface area contributed by atoms with E-state index in [9.17, 15) is 14.4 Å². The molecule has 7 heteroatoms. The van der Waals surface area contributed by atoms with Gasteiger partial charge < -0.3 is 9.88 Å². The largest absolute Gasteiger partial charge is 0.348 e. The van der Waals surface area contributed by atoms with Crippen molar-refractivity contribution in [3.05, 3.63) is 74.6 Å². The Bertz CT molecular complexity index is 959. The Kier molecular flexibility index (Phi) is 5.71. The molecule has 0 radical (unpaired) electrons. The van der Waals surface area contributed by atoms with E-state index in [2.05, 4.69) is 22.3 Å². The summed E-state index contributed by atoms with van der Waals surface area (Å²) >= 11 is 0. The molecule has 142 valence electrons. The maximum atomic E-state index is 12.2. The molecule has 1 saturated heterocycles. The van der Waals surface area contributed by atoms with E-state index in [-0.39, 0.29) is 11.9 Å². The topological polar surface area (TPSA) is 76.3 Å². The molecule has 2 heterocycles. The minimum Gasteiger partial charge on any atom is -0.348 e. The van der Waals surface area contributed by atoms with Gasteiger partial charge in [-0.1, -0.05) is 30.3 Å². The number of aryl methyl sites for hydroxylation is 1. The molecule has 3 rings (SSSR count). The fourth-order valence-corrected chi connectivity index (χ4v) is 3.30. The molecule has 1 N–H and O–H groups in total. The average Bonchev–Trinajstić information content (AvgIpc) is 3.09. The second kappa shape index (κ2) is 8.18. The molecule has 1 aliphatic rings. The number of nitrogens with one attached hydrogen (secondary N) is 1. The van der Waals surface area contributed by atoms with Crippen LogP contribution in [0, 0.1) is 0 Å². The molecule has 7 nitrogen and oxygen atoms in total. The Hall–Kier alpha value is -2.93. The molecule has 1 aromatic heterocycles. The monoisotopic (exact) mass is 368 g/mol. The van der Waals surface area contributed by atoms with Crippen LogP contribution in [-0.2, 0) is 25.4 Å². The van der Waals surface area contributed by atoms with E-state index in [1.54, 1.807) is 7.05 Å². The van der Waals surface area contributed by atoms with E-state index >= 15 is 0 Å². The van der Waals surface area contributed by atoms with Gasteiger partial charge in [0.05, 0.1) is 5.56 Å². The Morgan fingerprint density at radius 1 is 1.22 bits per heavy atom. The maximum absolute atomic E-state index is 12.2. The first-order valence-corrected chi connectivity index (χ1v) is 8.95. The summed E-state index contributed by atoms with van der Waals surface area (Å²) in [6.07, 6.45) is 5.13. The van der Waals surface area contributed by atoms with E-state index in [4.69, 9.17) is 0 Å². The van der Waals surface area contributed by atoms with Crippen LogP contribution in [0.1, 0.15) is 17.5 Å². The average molecular weight is 368 g/mol. The van der Waals surface area contributed by atoms with Crippen molar-refractivity contribution in [2.75, 3.05) is 13.1 Å². The lowest BCUT2D eigenvalue weighted by molar-refractivity contribution is -0.117. The van der Waals surface area contributed by atoms with Crippen molar-refractivity contribution >= 4 is 12.0 Å². The lowest BCUT2D eigenvalue weighted by atomic mass is 10.2. The third-order valence-corrected chi connectivity index (χ3v) is 4.76. The number of carbonyl (C=O) groups excluding carboxylic acids is 1. The van der Waals surface area contributed by atoms with Crippen LogP contribution in [0.25, 0.3) is 6.08 Å². The molecular weight excluding hydrogens is 344 g/mol. The zero-order valence-corrected chi connectivity index (χ0v) is 15.6. The lowest BCUT2D eigenvalue weighted by Gasteiger charge is -2.16. The molecule has 2 aromatic rings. The molecule has 1 unspecified atom stereocenters. The van der Waals surface area contributed by atoms with Gasteiger partial charge in [0.2, 0.25) is 5.91 Å². The lowest BCUT2D eigenvalue weighted by Crippen LogP contribution is -2.38. The van der Waals surface area contributed by atoms with E-state index in [1.165, 1.54) is 35.5 Å². The summed E-state index contributed by atoms with van der Waals surface area (Å²) in [5, 5.41) is 2.98. The van der Waals surface area contributed by atoms with Crippen molar-refractivity contribution in [1.29, 1.82) is 0 Å². The first-order chi connectivity index (χ1) is 12.9. The van der Waals surface area contributed by atoms with Gasteiger partial charge in [-0.25, -0.2) is 4.79 Å². The third kappa shape index (κ3) is 4.62. The van der Waals surface area contributed by atoms with Gasteiger partial charge in [-0.3, -0.25) is 19.1 Å². The number of likely N-dealkylation sites (tertiary alicyclic amines) is 1. The molecule has 0 aliphatic carbocycles. The van der Waals surface area contributed by atoms with E-state index in [0.717, 1.165) is 30.6 Å². The zero-order valence-electron chi connectivity index (χ0n) is 15.6. The number of hydrogen-bond donors (Lipinski definition) is 1. The Balaban J connectivity index is 1.57. The van der Waals surface area contributed by atoms with Crippen molar-refractivity contribution in [2.45, 2.75) is 19.0 Å². The van der Waals surface area contributed by atoms with Crippen LogP contribution in [0.15, 0.2) is 52.2 Å². The number of amides is 1. The van der Waals surface area contributed by atoms with Gasteiger partial charge in [0.25, 0.3) is 5.56 Å². The third-order valence-electron chi connectivity index (χ3n) is 4.76. The number of hydrogen-bond acceptors (Lipinski definition) is 4. The Morgan fingerprint density at radius 3 is 2.70 bits per heavy atom. The molecule has 27 heavy (non-hydrogen) atoms. The fourth-order valence-electron chi connectivity index (χ4n) is 3.30. The second-order valence-corrected chi connectivity index (χ2v) is 6.89. The number of nitrogens with zero attached hydrogens (tertiary/aromatic N) is 3. The van der Waals surface area contributed by atoms with Gasteiger partial charge in [0.1, 0.15) is 0 Å². The summed E-state index contributed by atoms with van der Waals surface area (Å²) in [5.74, 6) is -0.238. The Labute approximate surface area is 157 Å². The van der Waals surface area contributed by atoms with E-state index < -0.39 is 11.2 Å². The molecular formula is C20H24N4O3. The highest BCUT2D eigenvalue weighted by atomic mass is 16.2. The first-order valence-electron chi connectivity index (χ1n) is 8.95. The molecule has 1 atom stereocenters. The number of carbonyl (C=O) groups is 1. The smallest absolute Gasteiger partial charge is 0.330 e. The normalized spacial score (nSPS) is 17.5. The highest BCUT2D eigenvalue weighted by Crippen LogP contribution is 2.13. The zero-order chi connectivity index (χ0) is 19.4. The second-order valence-electron chi connectivity index (χ2n) is 6.89. The summed E-state index contributed by atoms with van der Waals surface area (Å²) in [4.78, 5) is 38.3. The van der Waals surface area contributed by atoms with Crippen molar-refractivity contribution in [3.63, 3.8) is 0 Å². The van der Waals surface area contributed by atoms with Crippen LogP contribution in [-0.4, -0.2) is 39.1 Å². The van der Waals surface area contributed by atoms with Crippen LogP contribution in [0.4, 0.5) is 0 Å². The van der Waals surface area contributed by atoms with E-state index in [1.807, 2.05) is 18.2 Å². The number of benzene rings is 1. The molecule has 1 amide bonds. The highest BCUT2D eigenvalue weighted by Gasteiger charge is 2.23. The minimum absolute atomic E-state index is 0.0915. The predicted molar refractivity (Wildman–Crippen MR) is 104 cm³/mol. The molecule has 1 aliphatic heterocycles. The molecule has 1 fully saturated rings. The summed E-state index contributed by atoms with van der Waals surface area (Å²) in [5.41, 5.74) is 0.741. The summed E-state index contributed by atoms with van der Waals surface area (Å²) in [6, 6.07) is 10.3. The van der Waals surface area contributed by atoms with Gasteiger partial charge in [-0.15, -0.1) is 0 Å². The first kappa shape index (κ1) is 18.8. The molecule has 0 spiro atoms. The van der Waals surface area contributed by atoms with Gasteiger partial charge in [-0.05, 0) is 18.1 Å². The van der Waals surface area contributed by atoms with Crippen LogP contribution < -0.4 is 16.6 Å². The van der Waals surface area contributed by atoms with Crippen LogP contribution in [0.2, 0.25) is 0 Å². The van der Waals surface area contributed by atoms with Crippen molar-refractivity contribution in [2.24, 2.45) is 14.1 Å². The van der Waals surface area contributed by atoms with Crippen LogP contribution in [0.3, 0.4) is 0 Å². The Morgan fingerprint density at radius 2 is 1.96 bits per heavy atom. The van der Waals surface area contributed by atoms with Gasteiger partial charge in [-0.2, -0.15) is 0 Å². The van der Waals surface area contributed by atoms with E-state index in [0.29, 0.717) is 5.56 Å². The standard InChI is InChI=1S/C20H24N4O3/c1-22-13-16(19(26)23(2)20(22)27)8-9-18(25)21-17-10-11-24(14-17)12-15-6-4-3-5-7-15/h3-9,13,17H,10-12,14H2,1-2H3,(H,21,25)/b9-8+. The van der Waals surface area contributed by atoms with Gasteiger partial charge in [0, 0.05) is 52.0 Å². The van der Waals surface area contributed by atoms with Crippen LogP contribution >= 0.6 is 0 Å². The van der Waals surface area contributed by atoms with Gasteiger partial charge >= 0.3 is 5.69 Å². The molecule has 1 aromatic carbocycles. The SMILES string of the molecule is Cn1cc(/C=C/C(=O)NC2CCN(Cc3ccccc3)C2)c(=O)n(C)c1=O. The molecule has 0 saturated carbocycles. The van der Waals surface area contributed by atoms with Crippen molar-refractivity contribution in [1.82, 2.24) is 19.4 Å². The van der Waals surface area contributed by atoms with Crippen molar-refractivity contribution < 1.29 is 4.79 Å². The quantitative estimate of drug-likeness (QED) is 0.780. The summed E-state index contributed by atoms with van der Waals surface area (Å²) in [6.45, 7) is 2.61.